The molecule has 6 nitrogen and oxygen atoms in total. The lowest BCUT2D eigenvalue weighted by Crippen LogP contribution is -2.54. The molecular weight excluding hydrogens is 364 g/mol. The second kappa shape index (κ2) is 6.31. The minimum absolute atomic E-state index is 0.0525. The van der Waals surface area contributed by atoms with Crippen LogP contribution in [0.3, 0.4) is 0 Å². The molecule has 29 heavy (non-hydrogen) atoms. The first kappa shape index (κ1) is 17.5. The molecule has 1 aromatic heterocycles. The Kier molecular flexibility index (Phi) is 3.81. The molecule has 1 spiro atoms. The van der Waals surface area contributed by atoms with Gasteiger partial charge in [-0.15, -0.1) is 0 Å². The summed E-state index contributed by atoms with van der Waals surface area (Å²) in [5, 5.41) is 11.6. The Morgan fingerprint density at radius 2 is 1.93 bits per heavy atom. The maximum Gasteiger partial charge on any atom is 0.226 e. The van der Waals surface area contributed by atoms with Crippen LogP contribution in [-0.4, -0.2) is 46.0 Å². The first-order chi connectivity index (χ1) is 14.1. The van der Waals surface area contributed by atoms with E-state index >= 15 is 0 Å². The van der Waals surface area contributed by atoms with Crippen molar-refractivity contribution in [1.82, 2.24) is 20.4 Å². The smallest absolute Gasteiger partial charge is 0.226 e. The van der Waals surface area contributed by atoms with Crippen molar-refractivity contribution in [1.29, 1.82) is 0 Å². The van der Waals surface area contributed by atoms with Gasteiger partial charge in [-0.25, -0.2) is 0 Å². The van der Waals surface area contributed by atoms with Gasteiger partial charge in [0.25, 0.3) is 0 Å². The third-order valence-corrected chi connectivity index (χ3v) is 8.19. The number of amides is 2. The minimum atomic E-state index is 0.0525. The maximum absolute atomic E-state index is 13.0. The molecule has 1 saturated heterocycles. The molecule has 4 fully saturated rings. The standard InChI is InChI=1S/C23H28N4O2/c28-20(10-19-16-4-1-2-5-18(16)25-26-19)24-21-14-6-7-15(21)13-27(12-14)22(29)17-11-23(17)8-3-9-23/h1-2,4-5,14-15,17,21H,3,6-13H2,(H,24,28)(H,25,26). The van der Waals surface area contributed by atoms with E-state index < -0.39 is 0 Å². The molecule has 3 aliphatic carbocycles. The van der Waals surface area contributed by atoms with Gasteiger partial charge in [-0.1, -0.05) is 24.6 Å². The number of rotatable bonds is 4. The lowest BCUT2D eigenvalue weighted by atomic mass is 9.79. The SMILES string of the molecule is O=C(Cc1[nH]nc2ccccc12)NC1C2CCC1CN(C(=O)C1CC13CCC3)C2. The van der Waals surface area contributed by atoms with Gasteiger partial charge in [-0.3, -0.25) is 14.7 Å². The van der Waals surface area contributed by atoms with E-state index in [1.807, 2.05) is 24.3 Å². The fourth-order valence-corrected chi connectivity index (χ4v) is 6.29. The topological polar surface area (TPSA) is 78.1 Å². The Hall–Kier alpha value is -2.37. The number of nitrogens with one attached hydrogen (secondary N) is 2. The summed E-state index contributed by atoms with van der Waals surface area (Å²) in [6.07, 6.45) is 7.48. The van der Waals surface area contributed by atoms with E-state index in [1.54, 1.807) is 0 Å². The van der Waals surface area contributed by atoms with E-state index in [0.29, 0.717) is 35.5 Å². The third kappa shape index (κ3) is 2.79. The van der Waals surface area contributed by atoms with Crippen molar-refractivity contribution in [2.24, 2.45) is 23.2 Å². The normalized spacial score (nSPS) is 31.7. The van der Waals surface area contributed by atoms with Crippen LogP contribution in [0.5, 0.6) is 0 Å². The number of H-pyrrole nitrogens is 1. The van der Waals surface area contributed by atoms with Crippen molar-refractivity contribution < 1.29 is 9.59 Å². The number of benzene rings is 1. The highest BCUT2D eigenvalue weighted by Crippen LogP contribution is 2.66. The second-order valence-electron chi connectivity index (χ2n) is 9.80. The van der Waals surface area contributed by atoms with Crippen LogP contribution < -0.4 is 5.32 Å². The molecule has 3 atom stereocenters. The summed E-state index contributed by atoms with van der Waals surface area (Å²) in [5.74, 6) is 1.55. The minimum Gasteiger partial charge on any atom is -0.352 e. The molecule has 6 rings (SSSR count). The van der Waals surface area contributed by atoms with Crippen molar-refractivity contribution in [2.75, 3.05) is 13.1 Å². The van der Waals surface area contributed by atoms with Gasteiger partial charge in [-0.2, -0.15) is 5.10 Å². The van der Waals surface area contributed by atoms with Gasteiger partial charge in [0.1, 0.15) is 0 Å². The maximum atomic E-state index is 13.0. The molecule has 2 aromatic rings. The zero-order valence-corrected chi connectivity index (χ0v) is 16.7. The number of aromatic nitrogens is 2. The number of para-hydroxylation sites is 1. The molecule has 2 bridgehead atoms. The largest absolute Gasteiger partial charge is 0.352 e. The summed E-state index contributed by atoms with van der Waals surface area (Å²) in [7, 11) is 0. The predicted molar refractivity (Wildman–Crippen MR) is 109 cm³/mol. The summed E-state index contributed by atoms with van der Waals surface area (Å²) in [4.78, 5) is 27.9. The molecule has 1 aromatic carbocycles. The van der Waals surface area contributed by atoms with Crippen molar-refractivity contribution in [2.45, 2.75) is 51.0 Å². The number of hydrogen-bond acceptors (Lipinski definition) is 3. The number of aromatic amines is 1. The van der Waals surface area contributed by atoms with Gasteiger partial charge < -0.3 is 10.2 Å². The van der Waals surface area contributed by atoms with Crippen LogP contribution in [0.4, 0.5) is 0 Å². The molecule has 2 heterocycles. The summed E-state index contributed by atoms with van der Waals surface area (Å²) >= 11 is 0. The molecule has 3 saturated carbocycles. The lowest BCUT2D eigenvalue weighted by Gasteiger charge is -2.39. The zero-order valence-electron chi connectivity index (χ0n) is 16.7. The van der Waals surface area contributed by atoms with E-state index in [-0.39, 0.29) is 11.9 Å². The van der Waals surface area contributed by atoms with Crippen molar-refractivity contribution in [3.05, 3.63) is 30.0 Å². The number of likely N-dealkylation sites (tertiary alicyclic amines) is 1. The molecule has 2 amide bonds. The average molecular weight is 393 g/mol. The lowest BCUT2D eigenvalue weighted by molar-refractivity contribution is -0.136. The highest BCUT2D eigenvalue weighted by molar-refractivity contribution is 5.87. The summed E-state index contributed by atoms with van der Waals surface area (Å²) in [6.45, 7) is 1.64. The second-order valence-corrected chi connectivity index (χ2v) is 9.80. The molecule has 4 aliphatic rings. The number of carbonyl (C=O) groups excluding carboxylic acids is 2. The van der Waals surface area contributed by atoms with Crippen molar-refractivity contribution in [3.63, 3.8) is 0 Å². The average Bonchev–Trinajstić information content (AvgIpc) is 3.30. The van der Waals surface area contributed by atoms with Crippen LogP contribution >= 0.6 is 0 Å². The Morgan fingerprint density at radius 1 is 1.17 bits per heavy atom. The number of fused-ring (bicyclic) bond motifs is 3. The third-order valence-electron chi connectivity index (χ3n) is 8.19. The van der Waals surface area contributed by atoms with Gasteiger partial charge in [0.15, 0.2) is 0 Å². The van der Waals surface area contributed by atoms with E-state index in [2.05, 4.69) is 20.4 Å². The quantitative estimate of drug-likeness (QED) is 0.840. The van der Waals surface area contributed by atoms with E-state index in [0.717, 1.165) is 48.9 Å². The van der Waals surface area contributed by atoms with Crippen LogP contribution in [0, 0.1) is 23.2 Å². The van der Waals surface area contributed by atoms with Crippen LogP contribution in [0.1, 0.15) is 44.2 Å². The molecule has 1 aliphatic heterocycles. The Bertz CT molecular complexity index is 964. The molecule has 6 heteroatoms. The van der Waals surface area contributed by atoms with Crippen molar-refractivity contribution in [3.8, 4) is 0 Å². The molecule has 3 unspecified atom stereocenters. The van der Waals surface area contributed by atoms with Gasteiger partial charge in [-0.05, 0) is 55.4 Å². The Balaban J connectivity index is 1.09. The van der Waals surface area contributed by atoms with Gasteiger partial charge in [0.2, 0.25) is 11.8 Å². The van der Waals surface area contributed by atoms with Gasteiger partial charge in [0.05, 0.1) is 17.6 Å². The number of hydrogen-bond donors (Lipinski definition) is 2. The van der Waals surface area contributed by atoms with Crippen LogP contribution in [-0.2, 0) is 16.0 Å². The monoisotopic (exact) mass is 392 g/mol. The molecule has 2 N–H and O–H groups in total. The fourth-order valence-electron chi connectivity index (χ4n) is 6.29. The molecular formula is C23H28N4O2. The number of piperidine rings is 1. The Morgan fingerprint density at radius 3 is 2.62 bits per heavy atom. The first-order valence-corrected chi connectivity index (χ1v) is 11.1. The van der Waals surface area contributed by atoms with Gasteiger partial charge in [0, 0.05) is 30.4 Å². The predicted octanol–water partition coefficient (Wildman–Crippen LogP) is 2.65. The van der Waals surface area contributed by atoms with E-state index in [4.69, 9.17) is 0 Å². The van der Waals surface area contributed by atoms with Crippen LogP contribution in [0.15, 0.2) is 24.3 Å². The fraction of sp³-hybridized carbons (Fsp3) is 0.609. The van der Waals surface area contributed by atoms with Crippen molar-refractivity contribution >= 4 is 22.7 Å². The van der Waals surface area contributed by atoms with E-state index in [1.165, 1.54) is 19.3 Å². The van der Waals surface area contributed by atoms with Crippen LogP contribution in [0.25, 0.3) is 10.9 Å². The summed E-state index contributed by atoms with van der Waals surface area (Å²) < 4.78 is 0. The molecule has 0 radical (unpaired) electrons. The summed E-state index contributed by atoms with van der Waals surface area (Å²) in [5.41, 5.74) is 2.16. The van der Waals surface area contributed by atoms with Gasteiger partial charge >= 0.3 is 0 Å². The highest BCUT2D eigenvalue weighted by atomic mass is 16.2. The van der Waals surface area contributed by atoms with Crippen LogP contribution in [0.2, 0.25) is 0 Å². The Labute approximate surface area is 170 Å². The number of nitrogens with zero attached hydrogens (tertiary/aromatic N) is 2. The molecule has 152 valence electrons. The van der Waals surface area contributed by atoms with E-state index in [9.17, 15) is 9.59 Å². The highest BCUT2D eigenvalue weighted by Gasteiger charge is 2.62. The first-order valence-electron chi connectivity index (χ1n) is 11.1. The zero-order chi connectivity index (χ0) is 19.6. The summed E-state index contributed by atoms with van der Waals surface area (Å²) in [6, 6.07) is 8.08. The number of carbonyl (C=O) groups is 2.